The van der Waals surface area contributed by atoms with Crippen molar-refractivity contribution in [3.63, 3.8) is 0 Å². The Morgan fingerprint density at radius 3 is 0.838 bits per heavy atom. The minimum absolute atomic E-state index is 1.12. The molecule has 550 valence electrons. The molecule has 2 heterocycles. The lowest BCUT2D eigenvalue weighted by atomic mass is 9.84. The van der Waals surface area contributed by atoms with Gasteiger partial charge in [0, 0.05) is 67.0 Å². The highest BCUT2D eigenvalue weighted by atomic mass is 15.1. The van der Waals surface area contributed by atoms with Crippen molar-refractivity contribution in [2.75, 3.05) is 9.80 Å². The van der Waals surface area contributed by atoms with Gasteiger partial charge >= 0.3 is 0 Å². The molecule has 0 amide bonds. The molecule has 22 aromatic rings. The second-order valence-electron chi connectivity index (χ2n) is 30.2. The zero-order valence-electron chi connectivity index (χ0n) is 64.6. The molecule has 0 N–H and O–H groups in total. The van der Waals surface area contributed by atoms with Gasteiger partial charge in [-0.05, 0) is 244 Å². The van der Waals surface area contributed by atoms with Crippen LogP contribution in [0.5, 0.6) is 0 Å². The van der Waals surface area contributed by atoms with Crippen molar-refractivity contribution in [1.29, 1.82) is 0 Å². The molecule has 0 fully saturated rings. The van der Waals surface area contributed by atoms with Gasteiger partial charge in [-0.1, -0.05) is 334 Å². The van der Waals surface area contributed by atoms with Crippen molar-refractivity contribution in [2.24, 2.45) is 0 Å². The largest absolute Gasteiger partial charge is 0.310 e. The van der Waals surface area contributed by atoms with E-state index in [0.717, 1.165) is 45.5 Å². The van der Waals surface area contributed by atoms with E-state index in [2.05, 4.69) is 481 Å². The summed E-state index contributed by atoms with van der Waals surface area (Å²) in [7, 11) is 0. The predicted molar refractivity (Wildman–Crippen MR) is 498 cm³/mol. The lowest BCUT2D eigenvalue weighted by Crippen LogP contribution is -2.09. The zero-order valence-corrected chi connectivity index (χ0v) is 64.6. The Kier molecular flexibility index (Phi) is 17.8. The lowest BCUT2D eigenvalue weighted by Gasteiger charge is -2.25. The fraction of sp³-hybridized carbons (Fsp3) is 0.00885. The van der Waals surface area contributed by atoms with Crippen molar-refractivity contribution < 1.29 is 0 Å². The predicted octanol–water partition coefficient (Wildman–Crippen LogP) is 31.4. The van der Waals surface area contributed by atoms with E-state index >= 15 is 0 Å². The Morgan fingerprint density at radius 2 is 0.444 bits per heavy atom. The van der Waals surface area contributed by atoms with Gasteiger partial charge in [0.2, 0.25) is 0 Å². The molecule has 0 saturated carbocycles. The van der Waals surface area contributed by atoms with E-state index in [1.165, 1.54) is 159 Å². The SMILES string of the molecule is Cc1ccccc1-c1ccc(-c2c3ccccc3c(-c3cccc(-n4c5ccccc5c5cc(N(c6ccccc6)c6ccccc6)ccc54)c3)c3ccccc23)cc1.c1ccc(-c2ccccc2-c2c3ccccc3c(-c3cccc(-n4c5ccccc5c5cc(N(c6ccccc6)c6ccccc6)ccc54)c3)c3ccccc23)cc1. The van der Waals surface area contributed by atoms with E-state index in [4.69, 9.17) is 0 Å². The first kappa shape index (κ1) is 69.6. The van der Waals surface area contributed by atoms with E-state index in [1.807, 2.05) is 0 Å². The monoisotopic (exact) mass is 1490 g/mol. The first-order valence-corrected chi connectivity index (χ1v) is 40.3. The minimum atomic E-state index is 1.12. The number of fused-ring (bicyclic) bond motifs is 10. The first-order chi connectivity index (χ1) is 58.0. The van der Waals surface area contributed by atoms with E-state index in [1.54, 1.807) is 0 Å². The van der Waals surface area contributed by atoms with Crippen molar-refractivity contribution in [3.05, 3.63) is 461 Å². The average Bonchev–Trinajstić information content (AvgIpc) is 1.69. The van der Waals surface area contributed by atoms with Crippen LogP contribution < -0.4 is 9.80 Å². The molecule has 0 radical (unpaired) electrons. The number of nitrogens with zero attached hydrogens (tertiary/aromatic N) is 4. The van der Waals surface area contributed by atoms with E-state index in [-0.39, 0.29) is 0 Å². The molecule has 0 bridgehead atoms. The van der Waals surface area contributed by atoms with Crippen LogP contribution in [0, 0.1) is 6.92 Å². The Bertz CT molecular complexity index is 7300. The number of rotatable bonds is 14. The van der Waals surface area contributed by atoms with Gasteiger partial charge in [0.25, 0.3) is 0 Å². The standard InChI is InChI=1S/C57H40N2.C56H38N2/c1-39-17-8-9-24-47(39)40-31-33-41(34-32-40)56-49-26-10-12-28-51(49)57(52-29-13-11-27-50(52)56)42-18-16-23-45(37-42)59-54-30-15-14-25-48(54)53-38-46(35-36-55(53)59)58(43-19-4-2-5-20-43)44-21-6-3-7-22-44;1-4-19-39(20-5-1)45-27-10-11-29-47(45)56-50-32-14-12-30-48(50)55(49-31-13-15-33-51(49)56)40-21-18-26-43(37-40)58-53-34-17-16-28-46(53)52-38-44(35-36-54(52)58)57(41-22-6-2-7-23-41)42-24-8-3-9-25-42/h2-38H,1H3;1-38H. The summed E-state index contributed by atoms with van der Waals surface area (Å²) in [5.74, 6) is 0. The molecule has 0 atom stereocenters. The maximum absolute atomic E-state index is 2.43. The van der Waals surface area contributed by atoms with Gasteiger partial charge in [-0.15, -0.1) is 0 Å². The number of anilines is 6. The Balaban J connectivity index is 0.000000146. The summed E-state index contributed by atoms with van der Waals surface area (Å²) in [5, 5.41) is 14.9. The number of para-hydroxylation sites is 6. The summed E-state index contributed by atoms with van der Waals surface area (Å²) >= 11 is 0. The maximum Gasteiger partial charge on any atom is 0.0542 e. The van der Waals surface area contributed by atoms with Crippen LogP contribution in [0.3, 0.4) is 0 Å². The second kappa shape index (κ2) is 30.0. The Hall–Kier alpha value is -15.4. The van der Waals surface area contributed by atoms with Gasteiger partial charge in [0.05, 0.1) is 22.1 Å². The van der Waals surface area contributed by atoms with Gasteiger partial charge in [0.15, 0.2) is 0 Å². The number of hydrogen-bond donors (Lipinski definition) is 0. The van der Waals surface area contributed by atoms with Crippen molar-refractivity contribution >= 4 is 121 Å². The van der Waals surface area contributed by atoms with Gasteiger partial charge in [-0.25, -0.2) is 0 Å². The third-order valence-electron chi connectivity index (χ3n) is 23.4. The van der Waals surface area contributed by atoms with Gasteiger partial charge < -0.3 is 18.9 Å². The molecule has 0 spiro atoms. The molecule has 0 unspecified atom stereocenters. The zero-order chi connectivity index (χ0) is 77.7. The van der Waals surface area contributed by atoms with Crippen LogP contribution in [0.4, 0.5) is 34.1 Å². The number of aryl methyl sites for hydroxylation is 1. The molecule has 0 saturated heterocycles. The third-order valence-corrected chi connectivity index (χ3v) is 23.4. The van der Waals surface area contributed by atoms with Crippen LogP contribution in [0.1, 0.15) is 5.56 Å². The molecule has 117 heavy (non-hydrogen) atoms. The molecule has 0 aliphatic carbocycles. The molecule has 0 aliphatic rings. The summed E-state index contributed by atoms with van der Waals surface area (Å²) in [5.41, 5.74) is 29.8. The van der Waals surface area contributed by atoms with Crippen molar-refractivity contribution in [2.45, 2.75) is 6.92 Å². The number of benzene rings is 20. The quantitative estimate of drug-likeness (QED) is 0.101. The summed E-state index contributed by atoms with van der Waals surface area (Å²) in [6.45, 7) is 2.18. The average molecular weight is 1490 g/mol. The highest BCUT2D eigenvalue weighted by Crippen LogP contribution is 2.50. The van der Waals surface area contributed by atoms with Crippen LogP contribution in [0.25, 0.3) is 165 Å². The second-order valence-corrected chi connectivity index (χ2v) is 30.2. The van der Waals surface area contributed by atoms with Gasteiger partial charge in [-0.2, -0.15) is 0 Å². The van der Waals surface area contributed by atoms with Crippen LogP contribution >= 0.6 is 0 Å². The Morgan fingerprint density at radius 1 is 0.162 bits per heavy atom. The minimum Gasteiger partial charge on any atom is -0.310 e. The van der Waals surface area contributed by atoms with Crippen molar-refractivity contribution in [3.8, 4) is 78.1 Å². The molecule has 2 aromatic heterocycles. The first-order valence-electron chi connectivity index (χ1n) is 40.3. The lowest BCUT2D eigenvalue weighted by molar-refractivity contribution is 1.18. The molecule has 22 rings (SSSR count). The molecular formula is C113H78N4. The number of aromatic nitrogens is 2. The summed E-state index contributed by atoms with van der Waals surface area (Å²) in [6, 6.07) is 165. The molecule has 4 nitrogen and oxygen atoms in total. The Labute approximate surface area is 680 Å². The fourth-order valence-corrected chi connectivity index (χ4v) is 18.3. The summed E-state index contributed by atoms with van der Waals surface area (Å²) < 4.78 is 4.87. The topological polar surface area (TPSA) is 16.3 Å². The van der Waals surface area contributed by atoms with Crippen LogP contribution in [0.2, 0.25) is 0 Å². The molecule has 4 heteroatoms. The molecule has 20 aromatic carbocycles. The van der Waals surface area contributed by atoms with Crippen LogP contribution in [-0.2, 0) is 0 Å². The van der Waals surface area contributed by atoms with E-state index in [0.29, 0.717) is 0 Å². The third kappa shape index (κ3) is 12.4. The van der Waals surface area contributed by atoms with E-state index in [9.17, 15) is 0 Å². The highest BCUT2D eigenvalue weighted by Gasteiger charge is 2.25. The smallest absolute Gasteiger partial charge is 0.0542 e. The van der Waals surface area contributed by atoms with Crippen LogP contribution in [0.15, 0.2) is 455 Å². The fourth-order valence-electron chi connectivity index (χ4n) is 18.3. The molecule has 0 aliphatic heterocycles. The summed E-state index contributed by atoms with van der Waals surface area (Å²) in [4.78, 5) is 4.68. The number of hydrogen-bond acceptors (Lipinski definition) is 2. The van der Waals surface area contributed by atoms with E-state index < -0.39 is 0 Å². The van der Waals surface area contributed by atoms with Gasteiger partial charge in [-0.3, -0.25) is 0 Å². The summed E-state index contributed by atoms with van der Waals surface area (Å²) in [6.07, 6.45) is 0. The maximum atomic E-state index is 2.43. The van der Waals surface area contributed by atoms with Crippen molar-refractivity contribution in [1.82, 2.24) is 9.13 Å². The normalized spacial score (nSPS) is 11.5. The highest BCUT2D eigenvalue weighted by molar-refractivity contribution is 6.24. The van der Waals surface area contributed by atoms with Crippen LogP contribution in [-0.4, -0.2) is 9.13 Å². The molecular weight excluding hydrogens is 1410 g/mol. The van der Waals surface area contributed by atoms with Gasteiger partial charge in [0.1, 0.15) is 0 Å².